The van der Waals surface area contributed by atoms with Crippen molar-refractivity contribution in [2.24, 2.45) is 5.73 Å². The molecule has 0 spiro atoms. The van der Waals surface area contributed by atoms with E-state index in [0.717, 1.165) is 0 Å². The summed E-state index contributed by atoms with van der Waals surface area (Å²) in [4.78, 5) is 27.3. The highest BCUT2D eigenvalue weighted by Gasteiger charge is 2.25. The van der Waals surface area contributed by atoms with Crippen LogP contribution in [0.5, 0.6) is 0 Å². The lowest BCUT2D eigenvalue weighted by Crippen LogP contribution is -2.48. The van der Waals surface area contributed by atoms with Crippen LogP contribution in [0.3, 0.4) is 0 Å². The largest absolute Gasteiger partial charge is 0.329 e. The predicted molar refractivity (Wildman–Crippen MR) is 85.9 cm³/mol. The molecule has 0 aliphatic heterocycles. The molecule has 0 saturated heterocycles. The number of nitrogens with one attached hydrogen (secondary N) is 3. The predicted octanol–water partition coefficient (Wildman–Crippen LogP) is -0.346. The molecular formula is C12H17ClN4O4S. The average molecular weight is 349 g/mol. The molecule has 0 unspecified atom stereocenters. The highest BCUT2D eigenvalue weighted by Crippen LogP contribution is 2.16. The van der Waals surface area contributed by atoms with Gasteiger partial charge in [-0.3, -0.25) is 9.78 Å². The molecule has 2 aromatic rings. The van der Waals surface area contributed by atoms with Gasteiger partial charge in [0.15, 0.2) is 0 Å². The Morgan fingerprint density at radius 1 is 1.23 bits per heavy atom. The van der Waals surface area contributed by atoms with Crippen LogP contribution in [0.4, 0.5) is 0 Å². The Bertz CT molecular complexity index is 901. The summed E-state index contributed by atoms with van der Waals surface area (Å²) < 4.78 is 27.0. The Labute approximate surface area is 132 Å². The van der Waals surface area contributed by atoms with Gasteiger partial charge >= 0.3 is 5.69 Å². The van der Waals surface area contributed by atoms with Gasteiger partial charge in [0.1, 0.15) is 0 Å². The van der Waals surface area contributed by atoms with Crippen molar-refractivity contribution < 1.29 is 8.42 Å². The van der Waals surface area contributed by atoms with Crippen molar-refractivity contribution in [3.05, 3.63) is 39.0 Å². The second-order valence-corrected chi connectivity index (χ2v) is 6.99. The quantitative estimate of drug-likeness (QED) is 0.598. The van der Waals surface area contributed by atoms with E-state index in [4.69, 9.17) is 5.73 Å². The molecule has 122 valence electrons. The minimum Gasteiger partial charge on any atom is -0.329 e. The number of hydrogen-bond acceptors (Lipinski definition) is 5. The van der Waals surface area contributed by atoms with Crippen LogP contribution in [-0.2, 0) is 10.0 Å². The van der Waals surface area contributed by atoms with E-state index in [1.807, 2.05) is 4.98 Å². The number of aromatic amines is 2. The molecule has 8 nitrogen and oxygen atoms in total. The van der Waals surface area contributed by atoms with E-state index in [1.54, 1.807) is 13.8 Å². The summed E-state index contributed by atoms with van der Waals surface area (Å²) >= 11 is 0. The zero-order valence-electron chi connectivity index (χ0n) is 12.0. The Balaban J connectivity index is 0.00000242. The fourth-order valence-electron chi connectivity index (χ4n) is 1.78. The van der Waals surface area contributed by atoms with Crippen LogP contribution >= 0.6 is 12.4 Å². The number of benzene rings is 1. The van der Waals surface area contributed by atoms with Gasteiger partial charge in [-0.2, -0.15) is 0 Å². The van der Waals surface area contributed by atoms with Crippen molar-refractivity contribution >= 4 is 33.3 Å². The highest BCUT2D eigenvalue weighted by atomic mass is 35.5. The first-order valence-electron chi connectivity index (χ1n) is 6.15. The van der Waals surface area contributed by atoms with Gasteiger partial charge in [0.05, 0.1) is 15.8 Å². The van der Waals surface area contributed by atoms with Gasteiger partial charge in [-0.15, -0.1) is 12.4 Å². The van der Waals surface area contributed by atoms with E-state index < -0.39 is 26.8 Å². The van der Waals surface area contributed by atoms with E-state index in [-0.39, 0.29) is 34.8 Å². The lowest BCUT2D eigenvalue weighted by Gasteiger charge is -2.23. The van der Waals surface area contributed by atoms with Gasteiger partial charge in [-0.25, -0.2) is 17.9 Å². The molecule has 0 radical (unpaired) electrons. The number of rotatable bonds is 4. The fraction of sp³-hybridized carbons (Fsp3) is 0.333. The maximum Gasteiger partial charge on any atom is 0.326 e. The molecule has 0 aliphatic carbocycles. The first-order chi connectivity index (χ1) is 9.64. The van der Waals surface area contributed by atoms with Gasteiger partial charge in [-0.1, -0.05) is 0 Å². The summed E-state index contributed by atoms with van der Waals surface area (Å²) in [6.07, 6.45) is 0. The van der Waals surface area contributed by atoms with Gasteiger partial charge in [-0.05, 0) is 32.0 Å². The molecule has 5 N–H and O–H groups in total. The Kier molecular flexibility index (Phi) is 5.18. The summed E-state index contributed by atoms with van der Waals surface area (Å²) in [6, 6.07) is 3.89. The molecule has 1 aromatic carbocycles. The minimum atomic E-state index is -3.82. The van der Waals surface area contributed by atoms with Crippen LogP contribution in [0, 0.1) is 0 Å². The van der Waals surface area contributed by atoms with Crippen LogP contribution in [0.25, 0.3) is 10.9 Å². The lowest BCUT2D eigenvalue weighted by atomic mass is 10.1. The van der Waals surface area contributed by atoms with Gasteiger partial charge in [0.2, 0.25) is 10.0 Å². The number of aromatic nitrogens is 2. The molecule has 0 amide bonds. The zero-order chi connectivity index (χ0) is 15.8. The first-order valence-corrected chi connectivity index (χ1v) is 7.63. The number of nitrogens with two attached hydrogens (primary N) is 1. The van der Waals surface area contributed by atoms with Crippen LogP contribution in [-0.4, -0.2) is 30.5 Å². The van der Waals surface area contributed by atoms with Crippen molar-refractivity contribution in [2.45, 2.75) is 24.3 Å². The molecular weight excluding hydrogens is 332 g/mol. The monoisotopic (exact) mass is 348 g/mol. The minimum absolute atomic E-state index is 0. The van der Waals surface area contributed by atoms with Crippen LogP contribution in [0.2, 0.25) is 0 Å². The van der Waals surface area contributed by atoms with Crippen LogP contribution in [0.1, 0.15) is 13.8 Å². The molecule has 10 heteroatoms. The topological polar surface area (TPSA) is 138 Å². The Hall–Kier alpha value is -1.68. The molecule has 0 fully saturated rings. The van der Waals surface area contributed by atoms with E-state index in [0.29, 0.717) is 0 Å². The maximum atomic E-state index is 12.3. The number of hydrogen-bond donors (Lipinski definition) is 4. The number of fused-ring (bicyclic) bond motifs is 1. The third kappa shape index (κ3) is 3.74. The summed E-state index contributed by atoms with van der Waals surface area (Å²) in [7, 11) is -3.82. The van der Waals surface area contributed by atoms with E-state index in [1.165, 1.54) is 18.2 Å². The average Bonchev–Trinajstić information content (AvgIpc) is 2.37. The molecule has 0 bridgehead atoms. The van der Waals surface area contributed by atoms with Gasteiger partial charge in [0.25, 0.3) is 5.56 Å². The summed E-state index contributed by atoms with van der Waals surface area (Å²) in [5.41, 5.74) is 3.65. The summed E-state index contributed by atoms with van der Waals surface area (Å²) in [5, 5.41) is 0.0861. The van der Waals surface area contributed by atoms with E-state index in [2.05, 4.69) is 9.71 Å². The van der Waals surface area contributed by atoms with Crippen molar-refractivity contribution in [1.82, 2.24) is 14.7 Å². The van der Waals surface area contributed by atoms with Crippen LogP contribution < -0.4 is 21.7 Å². The number of H-pyrrole nitrogens is 2. The van der Waals surface area contributed by atoms with Crippen molar-refractivity contribution in [3.63, 3.8) is 0 Å². The molecule has 0 saturated carbocycles. The Morgan fingerprint density at radius 3 is 2.45 bits per heavy atom. The number of sulfonamides is 1. The van der Waals surface area contributed by atoms with Gasteiger partial charge in [0, 0.05) is 12.1 Å². The van der Waals surface area contributed by atoms with Crippen molar-refractivity contribution in [3.8, 4) is 0 Å². The fourth-order valence-corrected chi connectivity index (χ4v) is 3.22. The Morgan fingerprint density at radius 2 is 1.86 bits per heavy atom. The molecule has 1 heterocycles. The second-order valence-electron chi connectivity index (χ2n) is 5.31. The van der Waals surface area contributed by atoms with Crippen LogP contribution in [0.15, 0.2) is 32.7 Å². The SMILES string of the molecule is CC(C)(CN)NS(=O)(=O)c1ccc2[nH]c(=O)[nH]c(=O)c2c1.Cl. The van der Waals surface area contributed by atoms with Crippen molar-refractivity contribution in [2.75, 3.05) is 6.54 Å². The molecule has 1 aromatic heterocycles. The third-order valence-corrected chi connectivity index (χ3v) is 4.64. The smallest absolute Gasteiger partial charge is 0.326 e. The van der Waals surface area contributed by atoms with Crippen molar-refractivity contribution in [1.29, 1.82) is 0 Å². The first kappa shape index (κ1) is 18.4. The normalized spacial score (nSPS) is 12.1. The molecule has 2 rings (SSSR count). The molecule has 0 atom stereocenters. The zero-order valence-corrected chi connectivity index (χ0v) is 13.6. The third-order valence-electron chi connectivity index (χ3n) is 2.94. The summed E-state index contributed by atoms with van der Waals surface area (Å²) in [5.74, 6) is 0. The van der Waals surface area contributed by atoms with E-state index >= 15 is 0 Å². The molecule has 22 heavy (non-hydrogen) atoms. The summed E-state index contributed by atoms with van der Waals surface area (Å²) in [6.45, 7) is 3.42. The second kappa shape index (κ2) is 6.21. The standard InChI is InChI=1S/C12H16N4O4S.ClH/c1-12(2,6-13)16-21(19,20)7-3-4-9-8(5-7)10(17)15-11(18)14-9;/h3-5,16H,6,13H2,1-2H3,(H2,14,15,17,18);1H. The van der Waals surface area contributed by atoms with E-state index in [9.17, 15) is 18.0 Å². The highest BCUT2D eigenvalue weighted by molar-refractivity contribution is 7.89. The van der Waals surface area contributed by atoms with Gasteiger partial charge < -0.3 is 10.7 Å². The molecule has 0 aliphatic rings. The number of halogens is 1. The maximum absolute atomic E-state index is 12.3. The lowest BCUT2D eigenvalue weighted by molar-refractivity contribution is 0.462.